The predicted molar refractivity (Wildman–Crippen MR) is 52.0 cm³/mol. The maximum Gasteiger partial charge on any atom is 0.264 e. The van der Waals surface area contributed by atoms with Crippen molar-refractivity contribution in [3.05, 3.63) is 46.9 Å². The molecule has 0 amide bonds. The van der Waals surface area contributed by atoms with Crippen LogP contribution >= 0.6 is 0 Å². The van der Waals surface area contributed by atoms with E-state index < -0.39 is 0 Å². The first-order valence-electron chi connectivity index (χ1n) is 4.10. The molecule has 14 heavy (non-hydrogen) atoms. The lowest BCUT2D eigenvalue weighted by Crippen LogP contribution is -2.05. The van der Waals surface area contributed by atoms with E-state index in [4.69, 9.17) is 5.11 Å². The van der Waals surface area contributed by atoms with E-state index >= 15 is 0 Å². The van der Waals surface area contributed by atoms with E-state index in [1.807, 2.05) is 0 Å². The summed E-state index contributed by atoms with van der Waals surface area (Å²) in [5.74, 6) is 0.201. The Bertz CT molecular complexity index is 488. The van der Waals surface area contributed by atoms with Crippen LogP contribution in [0.15, 0.2) is 41.3 Å². The molecule has 4 nitrogen and oxygen atoms in total. The molecule has 1 heterocycles. The molecule has 0 bridgehead atoms. The van der Waals surface area contributed by atoms with E-state index in [-0.39, 0.29) is 11.3 Å². The monoisotopic (exact) mass is 188 g/mol. The minimum Gasteiger partial charge on any atom is -0.508 e. The smallest absolute Gasteiger partial charge is 0.264 e. The Labute approximate surface area is 79.9 Å². The van der Waals surface area contributed by atoms with E-state index in [1.165, 1.54) is 6.07 Å². The molecule has 0 aliphatic rings. The Kier molecular flexibility index (Phi) is 2.02. The third-order valence-corrected chi connectivity index (χ3v) is 1.87. The highest BCUT2D eigenvalue weighted by molar-refractivity contribution is 5.62. The summed E-state index contributed by atoms with van der Waals surface area (Å²) >= 11 is 0. The quantitative estimate of drug-likeness (QED) is 0.705. The van der Waals surface area contributed by atoms with Gasteiger partial charge in [0.25, 0.3) is 5.56 Å². The molecule has 0 radical (unpaired) electrons. The van der Waals surface area contributed by atoms with Gasteiger partial charge >= 0.3 is 0 Å². The molecule has 0 saturated heterocycles. The number of H-pyrrole nitrogens is 1. The first-order chi connectivity index (χ1) is 6.75. The van der Waals surface area contributed by atoms with Crippen LogP contribution in [0.5, 0.6) is 5.75 Å². The molecule has 0 unspecified atom stereocenters. The summed E-state index contributed by atoms with van der Waals surface area (Å²) in [6.45, 7) is 0. The zero-order chi connectivity index (χ0) is 9.97. The molecular formula is C10H8N2O2. The summed E-state index contributed by atoms with van der Waals surface area (Å²) in [5.41, 5.74) is 1.34. The zero-order valence-electron chi connectivity index (χ0n) is 7.27. The molecule has 0 saturated carbocycles. The van der Waals surface area contributed by atoms with Gasteiger partial charge in [0.1, 0.15) is 5.75 Å². The van der Waals surface area contributed by atoms with Crippen LogP contribution in [-0.2, 0) is 0 Å². The largest absolute Gasteiger partial charge is 0.508 e. The zero-order valence-corrected chi connectivity index (χ0v) is 7.27. The molecule has 0 atom stereocenters. The third kappa shape index (κ3) is 1.64. The predicted octanol–water partition coefficient (Wildman–Crippen LogP) is 1.14. The van der Waals surface area contributed by atoms with Crippen LogP contribution in [0.2, 0.25) is 0 Å². The van der Waals surface area contributed by atoms with Gasteiger partial charge in [-0.15, -0.1) is 0 Å². The first-order valence-corrected chi connectivity index (χ1v) is 4.10. The van der Waals surface area contributed by atoms with Crippen LogP contribution in [0, 0.1) is 0 Å². The molecule has 0 aliphatic heterocycles. The molecule has 1 aromatic carbocycles. The van der Waals surface area contributed by atoms with Gasteiger partial charge in [-0.1, -0.05) is 12.1 Å². The van der Waals surface area contributed by atoms with Crippen molar-refractivity contribution in [1.29, 1.82) is 0 Å². The molecule has 0 aliphatic carbocycles. The van der Waals surface area contributed by atoms with Crippen molar-refractivity contribution in [1.82, 2.24) is 10.2 Å². The van der Waals surface area contributed by atoms with Gasteiger partial charge in [0.2, 0.25) is 0 Å². The number of rotatable bonds is 1. The highest BCUT2D eigenvalue weighted by Crippen LogP contribution is 2.19. The van der Waals surface area contributed by atoms with E-state index in [0.717, 1.165) is 11.1 Å². The maximum absolute atomic E-state index is 11.0. The number of benzene rings is 1. The average molecular weight is 188 g/mol. The Morgan fingerprint density at radius 2 is 1.86 bits per heavy atom. The number of nitrogens with one attached hydrogen (secondary N) is 1. The molecule has 0 fully saturated rings. The van der Waals surface area contributed by atoms with Gasteiger partial charge in [0, 0.05) is 11.6 Å². The normalized spacial score (nSPS) is 10.0. The molecule has 2 N–H and O–H groups in total. The molecular weight excluding hydrogens is 180 g/mol. The van der Waals surface area contributed by atoms with Gasteiger partial charge in [-0.3, -0.25) is 4.79 Å². The summed E-state index contributed by atoms with van der Waals surface area (Å²) in [7, 11) is 0. The van der Waals surface area contributed by atoms with Crippen LogP contribution in [0.3, 0.4) is 0 Å². The van der Waals surface area contributed by atoms with Crippen LogP contribution < -0.4 is 5.56 Å². The van der Waals surface area contributed by atoms with Crippen LogP contribution in [0.4, 0.5) is 0 Å². The van der Waals surface area contributed by atoms with Gasteiger partial charge in [0.05, 0.1) is 6.20 Å². The summed E-state index contributed by atoms with van der Waals surface area (Å²) in [6.07, 6.45) is 1.56. The minimum atomic E-state index is -0.240. The second-order valence-corrected chi connectivity index (χ2v) is 2.88. The summed E-state index contributed by atoms with van der Waals surface area (Å²) in [5, 5.41) is 15.1. The summed E-state index contributed by atoms with van der Waals surface area (Å²) < 4.78 is 0. The number of hydrogen-bond acceptors (Lipinski definition) is 3. The fourth-order valence-corrected chi connectivity index (χ4v) is 1.19. The van der Waals surface area contributed by atoms with Crippen LogP contribution in [0.1, 0.15) is 0 Å². The van der Waals surface area contributed by atoms with Gasteiger partial charge in [-0.25, -0.2) is 5.10 Å². The molecule has 1 aromatic heterocycles. The number of aromatic amines is 1. The molecule has 2 rings (SSSR count). The van der Waals surface area contributed by atoms with Crippen LogP contribution in [-0.4, -0.2) is 15.3 Å². The van der Waals surface area contributed by atoms with Gasteiger partial charge < -0.3 is 5.11 Å². The first kappa shape index (κ1) is 8.50. The molecule has 2 aromatic rings. The van der Waals surface area contributed by atoms with E-state index in [9.17, 15) is 4.79 Å². The average Bonchev–Trinajstić information content (AvgIpc) is 2.19. The van der Waals surface area contributed by atoms with Crippen molar-refractivity contribution in [3.63, 3.8) is 0 Å². The maximum atomic E-state index is 11.0. The van der Waals surface area contributed by atoms with Gasteiger partial charge in [-0.05, 0) is 17.7 Å². The number of aromatic nitrogens is 2. The topological polar surface area (TPSA) is 66.0 Å². The summed E-state index contributed by atoms with van der Waals surface area (Å²) in [4.78, 5) is 11.0. The van der Waals surface area contributed by atoms with E-state index in [0.29, 0.717) is 0 Å². The fourth-order valence-electron chi connectivity index (χ4n) is 1.19. The van der Waals surface area contributed by atoms with Crippen molar-refractivity contribution in [2.24, 2.45) is 0 Å². The Hall–Kier alpha value is -2.10. The fraction of sp³-hybridized carbons (Fsp3) is 0. The second-order valence-electron chi connectivity index (χ2n) is 2.88. The number of phenols is 1. The molecule has 0 spiro atoms. The lowest BCUT2D eigenvalue weighted by Gasteiger charge is -1.99. The van der Waals surface area contributed by atoms with E-state index in [1.54, 1.807) is 30.5 Å². The number of nitrogens with zero attached hydrogens (tertiary/aromatic N) is 1. The lowest BCUT2D eigenvalue weighted by atomic mass is 10.1. The highest BCUT2D eigenvalue weighted by Gasteiger charge is 1.98. The van der Waals surface area contributed by atoms with Crippen molar-refractivity contribution in [2.75, 3.05) is 0 Å². The molecule has 4 heteroatoms. The lowest BCUT2D eigenvalue weighted by molar-refractivity contribution is 0.475. The Morgan fingerprint density at radius 3 is 2.50 bits per heavy atom. The highest BCUT2D eigenvalue weighted by atomic mass is 16.3. The number of phenolic OH excluding ortho intramolecular Hbond substituents is 1. The molecule has 70 valence electrons. The van der Waals surface area contributed by atoms with Crippen molar-refractivity contribution >= 4 is 0 Å². The van der Waals surface area contributed by atoms with Gasteiger partial charge in [-0.2, -0.15) is 5.10 Å². The standard InChI is InChI=1S/C10H8N2O2/c13-9-3-1-7(2-4-9)8-5-10(14)12-11-6-8/h1-6,13H,(H,12,14). The third-order valence-electron chi connectivity index (χ3n) is 1.87. The second kappa shape index (κ2) is 3.33. The minimum absolute atomic E-state index is 0.201. The SMILES string of the molecule is O=c1cc(-c2ccc(O)cc2)cn[nH]1. The summed E-state index contributed by atoms with van der Waals surface area (Å²) in [6, 6.07) is 8.05. The number of aromatic hydroxyl groups is 1. The Morgan fingerprint density at radius 1 is 1.14 bits per heavy atom. The van der Waals surface area contributed by atoms with Crippen LogP contribution in [0.25, 0.3) is 11.1 Å². The Balaban J connectivity index is 2.50. The number of hydrogen-bond donors (Lipinski definition) is 2. The van der Waals surface area contributed by atoms with Crippen molar-refractivity contribution in [2.45, 2.75) is 0 Å². The van der Waals surface area contributed by atoms with Crippen molar-refractivity contribution < 1.29 is 5.11 Å². The van der Waals surface area contributed by atoms with Gasteiger partial charge in [0.15, 0.2) is 0 Å². The van der Waals surface area contributed by atoms with E-state index in [2.05, 4.69) is 10.2 Å². The van der Waals surface area contributed by atoms with Crippen molar-refractivity contribution in [3.8, 4) is 16.9 Å².